The van der Waals surface area contributed by atoms with Crippen LogP contribution in [0.2, 0.25) is 0 Å². The first-order chi connectivity index (χ1) is 24.1. The van der Waals surface area contributed by atoms with E-state index in [-0.39, 0.29) is 23.1 Å². The fourth-order valence-corrected chi connectivity index (χ4v) is 6.63. The molecule has 0 atom stereocenters. The number of anilines is 2. The largest absolute Gasteiger partial charge is 0.508 e. The van der Waals surface area contributed by atoms with Gasteiger partial charge in [0.1, 0.15) is 23.1 Å². The number of hydrogen-bond acceptors (Lipinski definition) is 10. The maximum atomic E-state index is 13.0. The van der Waals surface area contributed by atoms with E-state index in [1.165, 1.54) is 0 Å². The number of fused-ring (bicyclic) bond motifs is 10. The number of nitrogens with zero attached hydrogens (tertiary/aromatic N) is 4. The van der Waals surface area contributed by atoms with Gasteiger partial charge in [-0.3, -0.25) is 9.59 Å². The first kappa shape index (κ1) is 32.7. The Bertz CT molecular complexity index is 2150. The Kier molecular flexibility index (Phi) is 8.65. The van der Waals surface area contributed by atoms with E-state index in [0.717, 1.165) is 46.1 Å². The molecule has 2 aromatic heterocycles. The molecule has 10 nitrogen and oxygen atoms in total. The second kappa shape index (κ2) is 13.2. The van der Waals surface area contributed by atoms with Crippen molar-refractivity contribution in [3.05, 3.63) is 107 Å². The van der Waals surface area contributed by atoms with Crippen LogP contribution in [0.1, 0.15) is 31.8 Å². The van der Waals surface area contributed by atoms with Crippen LogP contribution < -0.4 is 10.6 Å². The van der Waals surface area contributed by atoms with Gasteiger partial charge in [-0.05, 0) is 63.6 Å². The lowest BCUT2D eigenvalue weighted by Crippen LogP contribution is -2.22. The van der Waals surface area contributed by atoms with E-state index in [4.69, 9.17) is 0 Å². The standard InChI is InChI=1S/2C20H19N3O2/c2*1-23(2)10-9-21-20-18-17(13-5-3-4-6-14(13)19(18)25)15-8-7-12(24)11-16(15)22-20/h2*3-8,11,24H,9-10H2,1-2H3,(H,21,22). The number of aromatic nitrogens is 2. The molecule has 0 fully saturated rings. The van der Waals surface area contributed by atoms with Gasteiger partial charge in [-0.2, -0.15) is 0 Å². The van der Waals surface area contributed by atoms with Crippen LogP contribution in [0.5, 0.6) is 11.5 Å². The predicted octanol–water partition coefficient (Wildman–Crippen LogP) is 6.25. The van der Waals surface area contributed by atoms with Crippen molar-refractivity contribution in [3.8, 4) is 33.8 Å². The maximum Gasteiger partial charge on any atom is 0.198 e. The minimum Gasteiger partial charge on any atom is -0.508 e. The number of phenols is 2. The second-order valence-electron chi connectivity index (χ2n) is 13.0. The van der Waals surface area contributed by atoms with Gasteiger partial charge in [0.2, 0.25) is 0 Å². The molecule has 0 saturated carbocycles. The Morgan fingerprint density at radius 1 is 0.540 bits per heavy atom. The lowest BCUT2D eigenvalue weighted by Gasteiger charge is -2.15. The molecule has 0 aliphatic heterocycles. The molecule has 0 unspecified atom stereocenters. The fraction of sp³-hybridized carbons (Fsp3) is 0.200. The molecule has 4 N–H and O–H groups in total. The molecular weight excluding hydrogens is 628 g/mol. The van der Waals surface area contributed by atoms with E-state index in [0.29, 0.717) is 58.0 Å². The van der Waals surface area contributed by atoms with E-state index < -0.39 is 0 Å². The van der Waals surface area contributed by atoms with Gasteiger partial charge in [-0.15, -0.1) is 0 Å². The highest BCUT2D eigenvalue weighted by molar-refractivity contribution is 6.29. The Balaban J connectivity index is 0.000000157. The molecule has 252 valence electrons. The number of ketones is 2. The number of nitrogens with one attached hydrogen (secondary N) is 2. The van der Waals surface area contributed by atoms with Crippen molar-refractivity contribution in [1.29, 1.82) is 0 Å². The molecule has 2 aliphatic carbocycles. The Labute approximate surface area is 290 Å². The van der Waals surface area contributed by atoms with Crippen LogP contribution in [0.15, 0.2) is 84.9 Å². The van der Waals surface area contributed by atoms with Crippen LogP contribution in [0.3, 0.4) is 0 Å². The van der Waals surface area contributed by atoms with Crippen LogP contribution in [0, 0.1) is 0 Å². The van der Waals surface area contributed by atoms with Gasteiger partial charge in [0.15, 0.2) is 11.6 Å². The molecule has 2 aliphatic rings. The topological polar surface area (TPSA) is 131 Å². The zero-order valence-electron chi connectivity index (χ0n) is 28.4. The molecule has 0 spiro atoms. The molecule has 0 saturated heterocycles. The summed E-state index contributed by atoms with van der Waals surface area (Å²) in [6.07, 6.45) is 0. The number of hydrogen-bond donors (Lipinski definition) is 4. The minimum atomic E-state index is 0.000396. The highest BCUT2D eigenvalue weighted by atomic mass is 16.3. The Morgan fingerprint density at radius 3 is 1.30 bits per heavy atom. The molecular formula is C40H38N6O4. The Hall–Kier alpha value is -5.84. The van der Waals surface area contributed by atoms with E-state index in [2.05, 4.69) is 30.4 Å². The molecule has 0 radical (unpaired) electrons. The van der Waals surface area contributed by atoms with Crippen LogP contribution >= 0.6 is 0 Å². The number of pyridine rings is 2. The quantitative estimate of drug-likeness (QED) is 0.148. The fourth-order valence-electron chi connectivity index (χ4n) is 6.63. The first-order valence-corrected chi connectivity index (χ1v) is 16.5. The number of carbonyl (C=O) groups excluding carboxylic acids is 2. The van der Waals surface area contributed by atoms with Crippen molar-refractivity contribution < 1.29 is 19.8 Å². The normalized spacial score (nSPS) is 12.5. The summed E-state index contributed by atoms with van der Waals surface area (Å²) in [4.78, 5) is 39.3. The van der Waals surface area contributed by atoms with E-state index in [1.54, 1.807) is 24.3 Å². The summed E-state index contributed by atoms with van der Waals surface area (Å²) in [5, 5.41) is 28.0. The van der Waals surface area contributed by atoms with Gasteiger partial charge in [-0.1, -0.05) is 48.5 Å². The molecule has 2 heterocycles. The van der Waals surface area contributed by atoms with Crippen molar-refractivity contribution in [3.63, 3.8) is 0 Å². The summed E-state index contributed by atoms with van der Waals surface area (Å²) >= 11 is 0. The number of likely N-dealkylation sites (N-methyl/N-ethyl adjacent to an activating group) is 2. The van der Waals surface area contributed by atoms with Gasteiger partial charge < -0.3 is 30.6 Å². The third kappa shape index (κ3) is 5.89. The molecule has 0 amide bonds. The summed E-state index contributed by atoms with van der Waals surface area (Å²) < 4.78 is 0. The van der Waals surface area contributed by atoms with Gasteiger partial charge in [0.05, 0.1) is 22.2 Å². The summed E-state index contributed by atoms with van der Waals surface area (Å²) in [5.74, 6) is 1.49. The zero-order chi connectivity index (χ0) is 35.1. The molecule has 50 heavy (non-hydrogen) atoms. The van der Waals surface area contributed by atoms with Crippen molar-refractivity contribution in [1.82, 2.24) is 19.8 Å². The number of phenolic OH excluding ortho intramolecular Hbond substituents is 2. The smallest absolute Gasteiger partial charge is 0.198 e. The number of carbonyl (C=O) groups is 2. The van der Waals surface area contributed by atoms with Gasteiger partial charge in [-0.25, -0.2) is 9.97 Å². The first-order valence-electron chi connectivity index (χ1n) is 16.5. The lowest BCUT2D eigenvalue weighted by atomic mass is 10.0. The number of aromatic hydroxyl groups is 2. The van der Waals surface area contributed by atoms with Crippen LogP contribution in [0.4, 0.5) is 11.6 Å². The molecule has 10 heteroatoms. The van der Waals surface area contributed by atoms with E-state index in [1.807, 2.05) is 88.9 Å². The average Bonchev–Trinajstić information content (AvgIpc) is 3.56. The number of rotatable bonds is 8. The average molecular weight is 667 g/mol. The molecule has 0 bridgehead atoms. The highest BCUT2D eigenvalue weighted by Gasteiger charge is 2.33. The summed E-state index contributed by atoms with van der Waals surface area (Å²) in [6, 6.07) is 25.5. The van der Waals surface area contributed by atoms with Crippen LogP contribution in [0.25, 0.3) is 44.1 Å². The summed E-state index contributed by atoms with van der Waals surface area (Å²) in [6.45, 7) is 3.02. The van der Waals surface area contributed by atoms with E-state index >= 15 is 0 Å². The number of benzene rings is 4. The monoisotopic (exact) mass is 666 g/mol. The summed E-state index contributed by atoms with van der Waals surface area (Å²) in [7, 11) is 8.00. The van der Waals surface area contributed by atoms with Crippen molar-refractivity contribution >= 4 is 45.0 Å². The van der Waals surface area contributed by atoms with Gasteiger partial charge in [0, 0.05) is 71.3 Å². The zero-order valence-corrected chi connectivity index (χ0v) is 28.4. The van der Waals surface area contributed by atoms with E-state index in [9.17, 15) is 19.8 Å². The van der Waals surface area contributed by atoms with Crippen molar-refractivity contribution in [2.45, 2.75) is 0 Å². The Morgan fingerprint density at radius 2 is 0.920 bits per heavy atom. The third-order valence-electron chi connectivity index (χ3n) is 8.98. The highest BCUT2D eigenvalue weighted by Crippen LogP contribution is 2.45. The maximum absolute atomic E-state index is 13.0. The minimum absolute atomic E-state index is 0.000396. The van der Waals surface area contributed by atoms with Gasteiger partial charge >= 0.3 is 0 Å². The molecule has 4 aromatic carbocycles. The SMILES string of the molecule is CN(C)CCNc1nc2cc(O)ccc2c2c1C(=O)c1ccccc1-2.CN(C)CCNc1nc2cc(O)ccc2c2c1C(=O)c1ccccc1-2. The molecule has 8 rings (SSSR count). The van der Waals surface area contributed by atoms with Crippen molar-refractivity contribution in [2.75, 3.05) is 65.0 Å². The second-order valence-corrected chi connectivity index (χ2v) is 13.0. The van der Waals surface area contributed by atoms with Crippen molar-refractivity contribution in [2.24, 2.45) is 0 Å². The summed E-state index contributed by atoms with van der Waals surface area (Å²) in [5.41, 5.74) is 7.66. The van der Waals surface area contributed by atoms with Crippen LogP contribution in [-0.4, -0.2) is 95.9 Å². The third-order valence-corrected chi connectivity index (χ3v) is 8.98. The van der Waals surface area contributed by atoms with Crippen LogP contribution in [-0.2, 0) is 0 Å². The molecule has 6 aromatic rings. The lowest BCUT2D eigenvalue weighted by molar-refractivity contribution is 0.103. The van der Waals surface area contributed by atoms with Gasteiger partial charge in [0.25, 0.3) is 0 Å². The predicted molar refractivity (Wildman–Crippen MR) is 199 cm³/mol.